The first-order chi connectivity index (χ1) is 13.5. The summed E-state index contributed by atoms with van der Waals surface area (Å²) >= 11 is 0. The number of anilines is 1. The van der Waals surface area contributed by atoms with Gasteiger partial charge in [0.05, 0.1) is 13.3 Å². The lowest BCUT2D eigenvalue weighted by Crippen LogP contribution is -2.45. The molecule has 0 aliphatic rings. The van der Waals surface area contributed by atoms with Gasteiger partial charge in [-0.1, -0.05) is 13.8 Å². The average Bonchev–Trinajstić information content (AvgIpc) is 3.30. The van der Waals surface area contributed by atoms with Crippen molar-refractivity contribution < 1.29 is 14.3 Å². The Balaban J connectivity index is 1.68. The number of fused-ring (bicyclic) bond motifs is 1. The van der Waals surface area contributed by atoms with Crippen LogP contribution in [0.15, 0.2) is 42.7 Å². The number of carbonyl (C=O) groups excluding carboxylic acids is 2. The molecule has 8 nitrogen and oxygen atoms in total. The Morgan fingerprint density at radius 2 is 2.07 bits per heavy atom. The molecule has 1 aromatic carbocycles. The first kappa shape index (κ1) is 19.5. The normalized spacial score (nSPS) is 12.1. The minimum atomic E-state index is -0.627. The topological polar surface area (TPSA) is 101 Å². The highest BCUT2D eigenvalue weighted by atomic mass is 16.5. The second kappa shape index (κ2) is 8.60. The largest absolute Gasteiger partial charge is 0.497 e. The Kier molecular flexibility index (Phi) is 5.98. The maximum absolute atomic E-state index is 12.6. The number of methoxy groups -OCH3 is 1. The van der Waals surface area contributed by atoms with Crippen LogP contribution in [0.1, 0.15) is 20.3 Å². The van der Waals surface area contributed by atoms with Crippen molar-refractivity contribution in [3.05, 3.63) is 42.7 Å². The molecule has 0 spiro atoms. The molecule has 0 radical (unpaired) electrons. The van der Waals surface area contributed by atoms with E-state index >= 15 is 0 Å². The van der Waals surface area contributed by atoms with E-state index in [2.05, 4.69) is 20.8 Å². The lowest BCUT2D eigenvalue weighted by Gasteiger charge is -2.20. The Morgan fingerprint density at radius 1 is 1.25 bits per heavy atom. The molecule has 2 aromatic heterocycles. The number of nitrogens with zero attached hydrogens (tertiary/aromatic N) is 2. The summed E-state index contributed by atoms with van der Waals surface area (Å²) in [7, 11) is 1.62. The van der Waals surface area contributed by atoms with Crippen LogP contribution >= 0.6 is 0 Å². The lowest BCUT2D eigenvalue weighted by atomic mass is 10.0. The molecule has 3 rings (SSSR count). The van der Waals surface area contributed by atoms with Crippen LogP contribution in [0.5, 0.6) is 5.75 Å². The number of hydrogen-bond donors (Lipinski definition) is 3. The van der Waals surface area contributed by atoms with Gasteiger partial charge in [0.15, 0.2) is 0 Å². The zero-order valence-electron chi connectivity index (χ0n) is 16.2. The third-order valence-electron chi connectivity index (χ3n) is 4.41. The molecule has 0 saturated heterocycles. The number of nitrogens with one attached hydrogen (secondary N) is 3. The number of hydrogen-bond acceptors (Lipinski definition) is 4. The minimum absolute atomic E-state index is 0.127. The maximum atomic E-state index is 12.6. The van der Waals surface area contributed by atoms with E-state index in [9.17, 15) is 9.59 Å². The van der Waals surface area contributed by atoms with Crippen LogP contribution in [0.25, 0.3) is 10.9 Å². The van der Waals surface area contributed by atoms with Crippen LogP contribution in [-0.4, -0.2) is 39.7 Å². The summed E-state index contributed by atoms with van der Waals surface area (Å²) in [4.78, 5) is 25.2. The van der Waals surface area contributed by atoms with Gasteiger partial charge in [-0.05, 0) is 36.6 Å². The Morgan fingerprint density at radius 3 is 2.75 bits per heavy atom. The summed E-state index contributed by atoms with van der Waals surface area (Å²) in [6.45, 7) is 4.15. The van der Waals surface area contributed by atoms with Gasteiger partial charge in [-0.15, -0.1) is 0 Å². The lowest BCUT2D eigenvalue weighted by molar-refractivity contribution is -0.127. The van der Waals surface area contributed by atoms with E-state index in [0.717, 1.165) is 16.7 Å². The van der Waals surface area contributed by atoms with Gasteiger partial charge in [-0.25, -0.2) is 0 Å². The molecule has 3 aromatic rings. The monoisotopic (exact) mass is 383 g/mol. The molecule has 0 unspecified atom stereocenters. The first-order valence-electron chi connectivity index (χ1n) is 9.18. The van der Waals surface area contributed by atoms with Crippen LogP contribution in [0.3, 0.4) is 0 Å². The van der Waals surface area contributed by atoms with Crippen molar-refractivity contribution in [3.63, 3.8) is 0 Å². The smallest absolute Gasteiger partial charge is 0.248 e. The average molecular weight is 383 g/mol. The molecule has 28 heavy (non-hydrogen) atoms. The molecule has 8 heteroatoms. The van der Waals surface area contributed by atoms with E-state index in [1.807, 2.05) is 48.9 Å². The van der Waals surface area contributed by atoms with E-state index in [4.69, 9.17) is 4.74 Å². The standard InChI is InChI=1S/C20H25N5O3/c1-13(2)10-16(20(27)23-18-6-8-21-24-18)22-19(26)12-25-9-7-14-11-15(28-3)4-5-17(14)25/h4-9,11,13,16H,10,12H2,1-3H3,(H,22,26)(H2,21,23,24,27)/t16-/m1/s1. The number of carbonyl (C=O) groups is 2. The fraction of sp³-hybridized carbons (Fsp3) is 0.350. The molecule has 0 aliphatic heterocycles. The number of ether oxygens (including phenoxy) is 1. The maximum Gasteiger partial charge on any atom is 0.248 e. The van der Waals surface area contributed by atoms with Gasteiger partial charge in [0.25, 0.3) is 0 Å². The van der Waals surface area contributed by atoms with E-state index < -0.39 is 6.04 Å². The summed E-state index contributed by atoms with van der Waals surface area (Å²) in [5.74, 6) is 1.02. The van der Waals surface area contributed by atoms with Gasteiger partial charge in [0.2, 0.25) is 11.8 Å². The molecular formula is C20H25N5O3. The first-order valence-corrected chi connectivity index (χ1v) is 9.18. The Hall–Kier alpha value is -3.29. The van der Waals surface area contributed by atoms with Gasteiger partial charge < -0.3 is 19.9 Å². The van der Waals surface area contributed by atoms with Gasteiger partial charge >= 0.3 is 0 Å². The summed E-state index contributed by atoms with van der Waals surface area (Å²) in [5.41, 5.74) is 0.929. The molecule has 0 saturated carbocycles. The number of H-pyrrole nitrogens is 1. The van der Waals surface area contributed by atoms with Crippen molar-refractivity contribution in [2.24, 2.45) is 5.92 Å². The predicted molar refractivity (Wildman–Crippen MR) is 107 cm³/mol. The highest BCUT2D eigenvalue weighted by molar-refractivity contribution is 5.96. The van der Waals surface area contributed by atoms with Crippen LogP contribution in [0.2, 0.25) is 0 Å². The van der Waals surface area contributed by atoms with Gasteiger partial charge in [0.1, 0.15) is 24.2 Å². The van der Waals surface area contributed by atoms with Crippen molar-refractivity contribution >= 4 is 28.5 Å². The molecule has 3 N–H and O–H groups in total. The summed E-state index contributed by atoms with van der Waals surface area (Å²) in [5, 5.41) is 13.1. The summed E-state index contributed by atoms with van der Waals surface area (Å²) in [6, 6.07) is 8.66. The molecule has 2 heterocycles. The summed E-state index contributed by atoms with van der Waals surface area (Å²) in [6.07, 6.45) is 3.94. The number of amides is 2. The molecule has 0 aliphatic carbocycles. The third kappa shape index (κ3) is 4.70. The molecule has 148 valence electrons. The summed E-state index contributed by atoms with van der Waals surface area (Å²) < 4.78 is 7.08. The Labute approximate surface area is 163 Å². The van der Waals surface area contributed by atoms with Gasteiger partial charge in [-0.3, -0.25) is 14.7 Å². The fourth-order valence-electron chi connectivity index (χ4n) is 3.09. The van der Waals surface area contributed by atoms with Crippen LogP contribution < -0.4 is 15.4 Å². The number of aromatic nitrogens is 3. The van der Waals surface area contributed by atoms with Crippen molar-refractivity contribution in [1.29, 1.82) is 0 Å². The number of aromatic amines is 1. The molecular weight excluding hydrogens is 358 g/mol. The van der Waals surface area contributed by atoms with Gasteiger partial charge in [-0.2, -0.15) is 5.10 Å². The second-order valence-corrected chi connectivity index (χ2v) is 7.08. The van der Waals surface area contributed by atoms with Gasteiger partial charge in [0, 0.05) is 23.2 Å². The highest BCUT2D eigenvalue weighted by Crippen LogP contribution is 2.21. The van der Waals surface area contributed by atoms with E-state index in [0.29, 0.717) is 12.2 Å². The van der Waals surface area contributed by atoms with Crippen LogP contribution in [0, 0.1) is 5.92 Å². The van der Waals surface area contributed by atoms with E-state index in [-0.39, 0.29) is 24.3 Å². The van der Waals surface area contributed by atoms with Crippen molar-refractivity contribution in [1.82, 2.24) is 20.1 Å². The van der Waals surface area contributed by atoms with Crippen LogP contribution in [0.4, 0.5) is 5.82 Å². The Bertz CT molecular complexity index is 946. The molecule has 1 atom stereocenters. The van der Waals surface area contributed by atoms with Crippen molar-refractivity contribution in [2.75, 3.05) is 12.4 Å². The number of rotatable bonds is 8. The SMILES string of the molecule is COc1ccc2c(ccn2CC(=O)N[C@H](CC(C)C)C(=O)Nc2ccn[nH]2)c1. The zero-order valence-corrected chi connectivity index (χ0v) is 16.2. The fourth-order valence-corrected chi connectivity index (χ4v) is 3.09. The zero-order chi connectivity index (χ0) is 20.1. The second-order valence-electron chi connectivity index (χ2n) is 7.08. The molecule has 0 fully saturated rings. The third-order valence-corrected chi connectivity index (χ3v) is 4.41. The van der Waals surface area contributed by atoms with Crippen LogP contribution in [-0.2, 0) is 16.1 Å². The molecule has 2 amide bonds. The van der Waals surface area contributed by atoms with E-state index in [1.165, 1.54) is 0 Å². The van der Waals surface area contributed by atoms with E-state index in [1.54, 1.807) is 19.4 Å². The number of benzene rings is 1. The highest BCUT2D eigenvalue weighted by Gasteiger charge is 2.22. The van der Waals surface area contributed by atoms with Crippen molar-refractivity contribution in [2.45, 2.75) is 32.9 Å². The quantitative estimate of drug-likeness (QED) is 0.556. The predicted octanol–water partition coefficient (Wildman–Crippen LogP) is 2.54. The molecule has 0 bridgehead atoms. The van der Waals surface area contributed by atoms with Crippen molar-refractivity contribution in [3.8, 4) is 5.75 Å². The minimum Gasteiger partial charge on any atom is -0.497 e.